The van der Waals surface area contributed by atoms with Crippen molar-refractivity contribution in [3.63, 3.8) is 0 Å². The quantitative estimate of drug-likeness (QED) is 0.451. The van der Waals surface area contributed by atoms with Gasteiger partial charge in [-0.15, -0.1) is 11.8 Å². The second-order valence-corrected chi connectivity index (χ2v) is 9.26. The molecule has 10 nitrogen and oxygen atoms in total. The zero-order valence-corrected chi connectivity index (χ0v) is 17.8. The number of sulfone groups is 1. The van der Waals surface area contributed by atoms with Crippen molar-refractivity contribution in [3.05, 3.63) is 18.3 Å². The van der Waals surface area contributed by atoms with E-state index in [1.54, 1.807) is 0 Å². The summed E-state index contributed by atoms with van der Waals surface area (Å²) in [6.07, 6.45) is -0.886. The van der Waals surface area contributed by atoms with Crippen LogP contribution in [0.15, 0.2) is 23.4 Å². The van der Waals surface area contributed by atoms with E-state index in [2.05, 4.69) is 4.98 Å². The Kier molecular flexibility index (Phi) is 7.47. The van der Waals surface area contributed by atoms with Gasteiger partial charge in [-0.3, -0.25) is 14.4 Å². The normalized spacial score (nSPS) is 24.3. The minimum absolute atomic E-state index is 0.0443. The molecule has 0 amide bonds. The number of carbonyl (C=O) groups is 3. The van der Waals surface area contributed by atoms with Gasteiger partial charge >= 0.3 is 17.9 Å². The topological polar surface area (TPSA) is 135 Å². The number of pyridine rings is 1. The van der Waals surface area contributed by atoms with Crippen molar-refractivity contribution in [2.45, 2.75) is 49.5 Å². The Morgan fingerprint density at radius 3 is 2.17 bits per heavy atom. The summed E-state index contributed by atoms with van der Waals surface area (Å²) < 4.78 is 45.5. The molecular weight excluding hydrogens is 426 g/mol. The molecule has 0 saturated carbocycles. The first-order chi connectivity index (χ1) is 13.5. The summed E-state index contributed by atoms with van der Waals surface area (Å²) in [4.78, 5) is 38.5. The monoisotopic (exact) mass is 447 g/mol. The first-order valence-corrected chi connectivity index (χ1v) is 11.4. The minimum Gasteiger partial charge on any atom is -0.473 e. The van der Waals surface area contributed by atoms with Gasteiger partial charge in [-0.2, -0.15) is 0 Å². The van der Waals surface area contributed by atoms with Crippen LogP contribution in [0, 0.1) is 0 Å². The van der Waals surface area contributed by atoms with Gasteiger partial charge < -0.3 is 18.9 Å². The standard InChI is InChI=1S/C17H21NO9S2/c1-9(19)24-13-8-28-17(15(26-11(3)21)14(13)25-10(2)20)27-12-6-5-7-18-16(12)29(4,22)23/h5-7,13-15,17H,8H2,1-4H3/t13-,14+,15-,17?/m1/s1. The highest BCUT2D eigenvalue weighted by Gasteiger charge is 2.48. The van der Waals surface area contributed by atoms with Crippen molar-refractivity contribution in [1.29, 1.82) is 0 Å². The summed E-state index contributed by atoms with van der Waals surface area (Å²) in [5.74, 6) is -1.83. The molecule has 29 heavy (non-hydrogen) atoms. The van der Waals surface area contributed by atoms with Crippen LogP contribution in [0.25, 0.3) is 0 Å². The second kappa shape index (κ2) is 9.44. The highest BCUT2D eigenvalue weighted by Crippen LogP contribution is 2.35. The van der Waals surface area contributed by atoms with Crippen molar-refractivity contribution < 1.29 is 41.7 Å². The molecule has 0 aromatic carbocycles. The summed E-state index contributed by atoms with van der Waals surface area (Å²) in [6.45, 7) is 3.52. The van der Waals surface area contributed by atoms with E-state index in [9.17, 15) is 22.8 Å². The number of aromatic nitrogens is 1. The highest BCUT2D eigenvalue weighted by molar-refractivity contribution is 7.99. The van der Waals surface area contributed by atoms with Gasteiger partial charge in [-0.25, -0.2) is 13.4 Å². The Bertz CT molecular complexity index is 887. The van der Waals surface area contributed by atoms with Gasteiger partial charge in [-0.1, -0.05) is 0 Å². The summed E-state index contributed by atoms with van der Waals surface area (Å²) in [5, 5.41) is -0.284. The molecule has 1 unspecified atom stereocenters. The van der Waals surface area contributed by atoms with Gasteiger partial charge in [0.05, 0.1) is 0 Å². The maximum atomic E-state index is 12.0. The molecule has 1 aliphatic rings. The Labute approximate surface area is 172 Å². The van der Waals surface area contributed by atoms with Crippen LogP contribution < -0.4 is 4.74 Å². The number of rotatable bonds is 6. The predicted molar refractivity (Wildman–Crippen MR) is 101 cm³/mol. The van der Waals surface area contributed by atoms with E-state index in [0.717, 1.165) is 31.9 Å². The maximum absolute atomic E-state index is 12.0. The zero-order chi connectivity index (χ0) is 21.8. The molecule has 1 fully saturated rings. The lowest BCUT2D eigenvalue weighted by Crippen LogP contribution is -2.55. The smallest absolute Gasteiger partial charge is 0.303 e. The van der Waals surface area contributed by atoms with Crippen LogP contribution in [0.3, 0.4) is 0 Å². The van der Waals surface area contributed by atoms with Gasteiger partial charge in [0.1, 0.15) is 0 Å². The van der Waals surface area contributed by atoms with Crippen LogP contribution >= 0.6 is 11.8 Å². The number of esters is 3. The third-order valence-electron chi connectivity index (χ3n) is 3.64. The van der Waals surface area contributed by atoms with E-state index in [1.165, 1.54) is 25.3 Å². The Morgan fingerprint density at radius 1 is 1.03 bits per heavy atom. The second-order valence-electron chi connectivity index (χ2n) is 6.19. The summed E-state index contributed by atoms with van der Waals surface area (Å²) in [6, 6.07) is 2.90. The van der Waals surface area contributed by atoms with E-state index in [1.807, 2.05) is 0 Å². The van der Waals surface area contributed by atoms with Crippen LogP contribution in [0.5, 0.6) is 5.75 Å². The third-order valence-corrected chi connectivity index (χ3v) is 5.86. The van der Waals surface area contributed by atoms with Crippen LogP contribution in [-0.2, 0) is 38.4 Å². The number of ether oxygens (including phenoxy) is 4. The molecule has 12 heteroatoms. The fourth-order valence-electron chi connectivity index (χ4n) is 2.68. The molecule has 1 aliphatic heterocycles. The third kappa shape index (κ3) is 6.32. The van der Waals surface area contributed by atoms with Gasteiger partial charge in [-0.05, 0) is 12.1 Å². The first-order valence-electron chi connectivity index (χ1n) is 8.44. The lowest BCUT2D eigenvalue weighted by molar-refractivity contribution is -0.186. The molecule has 0 bridgehead atoms. The van der Waals surface area contributed by atoms with E-state index < -0.39 is 51.5 Å². The molecule has 0 radical (unpaired) electrons. The molecule has 0 N–H and O–H groups in total. The number of nitrogens with zero attached hydrogens (tertiary/aromatic N) is 1. The fourth-order valence-corrected chi connectivity index (χ4v) is 4.62. The Balaban J connectivity index is 2.39. The largest absolute Gasteiger partial charge is 0.473 e. The summed E-state index contributed by atoms with van der Waals surface area (Å²) >= 11 is 1.12. The minimum atomic E-state index is -3.69. The molecule has 0 aliphatic carbocycles. The van der Waals surface area contributed by atoms with E-state index >= 15 is 0 Å². The number of carbonyl (C=O) groups excluding carboxylic acids is 3. The average Bonchev–Trinajstić information content (AvgIpc) is 2.58. The molecule has 1 aromatic heterocycles. The number of thioether (sulfide) groups is 1. The molecule has 4 atom stereocenters. The Hall–Kier alpha value is -2.34. The number of hydrogen-bond acceptors (Lipinski definition) is 11. The van der Waals surface area contributed by atoms with Crippen LogP contribution in [-0.4, -0.2) is 67.1 Å². The highest BCUT2D eigenvalue weighted by atomic mass is 32.2. The predicted octanol–water partition coefficient (Wildman–Crippen LogP) is 0.732. The molecule has 0 spiro atoms. The molecule has 1 aromatic rings. The van der Waals surface area contributed by atoms with Gasteiger partial charge in [0.25, 0.3) is 0 Å². The van der Waals surface area contributed by atoms with Crippen LogP contribution in [0.2, 0.25) is 0 Å². The Morgan fingerprint density at radius 2 is 1.62 bits per heavy atom. The summed E-state index contributed by atoms with van der Waals surface area (Å²) in [5.41, 5.74) is -0.945. The lowest BCUT2D eigenvalue weighted by atomic mass is 10.1. The SMILES string of the molecule is CC(=O)O[C@H]1[C@H](OC(C)=O)CSC(Oc2cccnc2S(C)(=O)=O)[C@@H]1OC(C)=O. The van der Waals surface area contributed by atoms with Crippen molar-refractivity contribution in [3.8, 4) is 5.75 Å². The van der Waals surface area contributed by atoms with Gasteiger partial charge in [0, 0.05) is 39.0 Å². The van der Waals surface area contributed by atoms with Crippen LogP contribution in [0.4, 0.5) is 0 Å². The lowest BCUT2D eigenvalue weighted by Gasteiger charge is -2.39. The first kappa shape index (κ1) is 22.9. The number of hydrogen-bond donors (Lipinski definition) is 0. The van der Waals surface area contributed by atoms with Gasteiger partial charge in [0.2, 0.25) is 0 Å². The van der Waals surface area contributed by atoms with Crippen molar-refractivity contribution >= 4 is 39.5 Å². The van der Waals surface area contributed by atoms with Crippen molar-refractivity contribution in [1.82, 2.24) is 4.98 Å². The van der Waals surface area contributed by atoms with Gasteiger partial charge in [0.15, 0.2) is 44.4 Å². The van der Waals surface area contributed by atoms with Crippen molar-refractivity contribution in [2.24, 2.45) is 0 Å². The molecule has 2 heterocycles. The summed E-state index contributed by atoms with van der Waals surface area (Å²) in [7, 11) is -3.69. The molecule has 160 valence electrons. The van der Waals surface area contributed by atoms with E-state index in [0.29, 0.717) is 0 Å². The molecule has 1 saturated heterocycles. The molecule has 2 rings (SSSR count). The zero-order valence-electron chi connectivity index (χ0n) is 16.2. The van der Waals surface area contributed by atoms with Crippen LogP contribution in [0.1, 0.15) is 20.8 Å². The van der Waals surface area contributed by atoms with E-state index in [4.69, 9.17) is 18.9 Å². The fraction of sp³-hybridized carbons (Fsp3) is 0.529. The molecular formula is C17H21NO9S2. The van der Waals surface area contributed by atoms with E-state index in [-0.39, 0.29) is 16.5 Å². The average molecular weight is 447 g/mol. The van der Waals surface area contributed by atoms with Crippen molar-refractivity contribution in [2.75, 3.05) is 12.0 Å². The maximum Gasteiger partial charge on any atom is 0.303 e.